The minimum atomic E-state index is -0.113. The van der Waals surface area contributed by atoms with Crippen LogP contribution in [-0.4, -0.2) is 21.5 Å². The summed E-state index contributed by atoms with van der Waals surface area (Å²) in [6.07, 6.45) is 3.34. The first-order valence-corrected chi connectivity index (χ1v) is 3.99. The number of ketones is 2. The zero-order chi connectivity index (χ0) is 9.68. The minimum Gasteiger partial charge on any atom is -0.300 e. The molecule has 1 rings (SSSR count). The van der Waals surface area contributed by atoms with E-state index in [-0.39, 0.29) is 24.4 Å². The summed E-state index contributed by atoms with van der Waals surface area (Å²) in [5.41, 5.74) is 0.372. The Balaban J connectivity index is 2.54. The van der Waals surface area contributed by atoms with Crippen LogP contribution in [0.4, 0.5) is 0 Å². The van der Waals surface area contributed by atoms with Crippen molar-refractivity contribution in [3.05, 3.63) is 24.3 Å². The molecule has 13 heavy (non-hydrogen) atoms. The lowest BCUT2D eigenvalue weighted by Crippen LogP contribution is -2.04. The number of carbonyl (C=O) groups is 2. The van der Waals surface area contributed by atoms with E-state index in [1.54, 1.807) is 6.07 Å². The van der Waals surface area contributed by atoms with Gasteiger partial charge in [0.25, 0.3) is 0 Å². The molecule has 0 aliphatic heterocycles. The second-order valence-electron chi connectivity index (χ2n) is 2.72. The van der Waals surface area contributed by atoms with Crippen molar-refractivity contribution < 1.29 is 9.59 Å². The predicted octanol–water partition coefficient (Wildman–Crippen LogP) is 1.03. The van der Waals surface area contributed by atoms with Crippen LogP contribution < -0.4 is 0 Å². The van der Waals surface area contributed by atoms with Crippen LogP contribution in [-0.2, 0) is 4.79 Å². The monoisotopic (exact) mass is 178 g/mol. The molecule has 0 atom stereocenters. The molecule has 4 heteroatoms. The Morgan fingerprint density at radius 1 is 1.38 bits per heavy atom. The summed E-state index contributed by atoms with van der Waals surface area (Å²) in [4.78, 5) is 29.4. The number of hydrogen-bond acceptors (Lipinski definition) is 4. The molecule has 0 aromatic carbocycles. The van der Waals surface area contributed by atoms with E-state index < -0.39 is 0 Å². The normalized spacial score (nSPS) is 9.62. The van der Waals surface area contributed by atoms with Crippen LogP contribution in [0.2, 0.25) is 0 Å². The van der Waals surface area contributed by atoms with Crippen molar-refractivity contribution in [1.29, 1.82) is 0 Å². The Morgan fingerprint density at radius 3 is 2.69 bits per heavy atom. The maximum atomic E-state index is 11.3. The molecule has 0 spiro atoms. The van der Waals surface area contributed by atoms with Gasteiger partial charge < -0.3 is 4.79 Å². The summed E-state index contributed by atoms with van der Waals surface area (Å²) in [6.45, 7) is 1.47. The molecule has 0 fully saturated rings. The van der Waals surface area contributed by atoms with Crippen LogP contribution in [0.1, 0.15) is 30.3 Å². The molecule has 1 aromatic rings. The fourth-order valence-electron chi connectivity index (χ4n) is 0.873. The summed E-state index contributed by atoms with van der Waals surface area (Å²) < 4.78 is 0. The zero-order valence-corrected chi connectivity index (χ0v) is 7.36. The first kappa shape index (κ1) is 9.51. The van der Waals surface area contributed by atoms with Crippen molar-refractivity contribution in [3.8, 4) is 0 Å². The third-order valence-corrected chi connectivity index (χ3v) is 1.57. The number of rotatable bonds is 4. The first-order valence-electron chi connectivity index (χ1n) is 3.99. The Labute approximate surface area is 76.0 Å². The fourth-order valence-corrected chi connectivity index (χ4v) is 0.873. The average molecular weight is 178 g/mol. The Morgan fingerprint density at radius 2 is 2.15 bits per heavy atom. The van der Waals surface area contributed by atoms with Crippen molar-refractivity contribution >= 4 is 11.6 Å². The smallest absolute Gasteiger partial charge is 0.181 e. The highest BCUT2D eigenvalue weighted by atomic mass is 16.1. The van der Waals surface area contributed by atoms with Crippen molar-refractivity contribution in [2.24, 2.45) is 0 Å². The lowest BCUT2D eigenvalue weighted by Gasteiger charge is -1.96. The fraction of sp³-hybridized carbons (Fsp3) is 0.333. The van der Waals surface area contributed by atoms with E-state index in [1.807, 2.05) is 0 Å². The molecule has 0 aliphatic rings. The maximum Gasteiger partial charge on any atom is 0.181 e. The molecule has 4 nitrogen and oxygen atoms in total. The van der Waals surface area contributed by atoms with Gasteiger partial charge in [-0.1, -0.05) is 0 Å². The highest BCUT2D eigenvalue weighted by Gasteiger charge is 2.07. The quantitative estimate of drug-likeness (QED) is 0.646. The molecule has 0 saturated carbocycles. The van der Waals surface area contributed by atoms with Gasteiger partial charge in [-0.2, -0.15) is 0 Å². The number of aromatic nitrogens is 2. The van der Waals surface area contributed by atoms with Gasteiger partial charge in [-0.15, -0.1) is 0 Å². The maximum absolute atomic E-state index is 11.3. The van der Waals surface area contributed by atoms with E-state index in [1.165, 1.54) is 19.4 Å². The van der Waals surface area contributed by atoms with E-state index in [9.17, 15) is 9.59 Å². The summed E-state index contributed by atoms with van der Waals surface area (Å²) in [5, 5.41) is 0. The molecule has 0 bridgehead atoms. The van der Waals surface area contributed by atoms with Crippen LogP contribution in [0.25, 0.3) is 0 Å². The lowest BCUT2D eigenvalue weighted by molar-refractivity contribution is -0.116. The zero-order valence-electron chi connectivity index (χ0n) is 7.36. The van der Waals surface area contributed by atoms with Gasteiger partial charge in [0, 0.05) is 19.0 Å². The summed E-state index contributed by atoms with van der Waals surface area (Å²) in [5.74, 6) is -0.0972. The van der Waals surface area contributed by atoms with E-state index >= 15 is 0 Å². The number of carbonyl (C=O) groups excluding carboxylic acids is 2. The van der Waals surface area contributed by atoms with Crippen molar-refractivity contribution in [1.82, 2.24) is 9.97 Å². The molecular weight excluding hydrogens is 168 g/mol. The van der Waals surface area contributed by atoms with Crippen molar-refractivity contribution in [2.75, 3.05) is 0 Å². The van der Waals surface area contributed by atoms with Crippen LogP contribution in [0, 0.1) is 0 Å². The molecule has 0 saturated heterocycles. The second kappa shape index (κ2) is 4.45. The summed E-state index contributed by atoms with van der Waals surface area (Å²) in [6, 6.07) is 1.54. The van der Waals surface area contributed by atoms with E-state index in [0.29, 0.717) is 5.69 Å². The Bertz CT molecular complexity index is 309. The highest BCUT2D eigenvalue weighted by Crippen LogP contribution is 2.00. The summed E-state index contributed by atoms with van der Waals surface area (Å²) in [7, 11) is 0. The first-order chi connectivity index (χ1) is 6.20. The molecule has 0 N–H and O–H groups in total. The van der Waals surface area contributed by atoms with Gasteiger partial charge >= 0.3 is 0 Å². The highest BCUT2D eigenvalue weighted by molar-refractivity contribution is 5.96. The van der Waals surface area contributed by atoms with Crippen LogP contribution in [0.15, 0.2) is 18.6 Å². The van der Waals surface area contributed by atoms with Crippen molar-refractivity contribution in [3.63, 3.8) is 0 Å². The Kier molecular flexibility index (Phi) is 3.25. The van der Waals surface area contributed by atoms with Gasteiger partial charge in [-0.25, -0.2) is 9.97 Å². The van der Waals surface area contributed by atoms with Crippen molar-refractivity contribution in [2.45, 2.75) is 19.8 Å². The third kappa shape index (κ3) is 3.11. The second-order valence-corrected chi connectivity index (χ2v) is 2.72. The predicted molar refractivity (Wildman–Crippen MR) is 46.3 cm³/mol. The minimum absolute atomic E-state index is 0.0161. The van der Waals surface area contributed by atoms with Gasteiger partial charge in [-0.3, -0.25) is 4.79 Å². The van der Waals surface area contributed by atoms with Gasteiger partial charge in [-0.05, 0) is 13.0 Å². The van der Waals surface area contributed by atoms with Crippen LogP contribution in [0.3, 0.4) is 0 Å². The van der Waals surface area contributed by atoms with Gasteiger partial charge in [0.2, 0.25) is 0 Å². The lowest BCUT2D eigenvalue weighted by atomic mass is 10.1. The van der Waals surface area contributed by atoms with Gasteiger partial charge in [0.15, 0.2) is 5.78 Å². The molecule has 0 aliphatic carbocycles. The number of Topliss-reactive ketones (excluding diaryl/α,β-unsaturated/α-hetero) is 2. The van der Waals surface area contributed by atoms with Crippen LogP contribution in [0.5, 0.6) is 0 Å². The standard InChI is InChI=1S/C9H10N2O2/c1-7(12)2-3-9(13)8-4-5-10-6-11-8/h4-6H,2-3H2,1H3. The average Bonchev–Trinajstić information content (AvgIpc) is 2.15. The largest absolute Gasteiger partial charge is 0.300 e. The van der Waals surface area contributed by atoms with Gasteiger partial charge in [0.1, 0.15) is 17.8 Å². The van der Waals surface area contributed by atoms with Crippen LogP contribution >= 0.6 is 0 Å². The SMILES string of the molecule is CC(=O)CCC(=O)c1ccncn1. The van der Waals surface area contributed by atoms with E-state index in [4.69, 9.17) is 0 Å². The van der Waals surface area contributed by atoms with Gasteiger partial charge in [0.05, 0.1) is 0 Å². The molecule has 0 radical (unpaired) electrons. The third-order valence-electron chi connectivity index (χ3n) is 1.57. The topological polar surface area (TPSA) is 59.9 Å². The van der Waals surface area contributed by atoms with E-state index in [0.717, 1.165) is 0 Å². The number of nitrogens with zero attached hydrogens (tertiary/aromatic N) is 2. The molecule has 0 unspecified atom stereocenters. The molecule has 68 valence electrons. The summed E-state index contributed by atoms with van der Waals surface area (Å²) >= 11 is 0. The number of hydrogen-bond donors (Lipinski definition) is 0. The molecule has 1 heterocycles. The molecule has 0 amide bonds. The molecular formula is C9H10N2O2. The molecule has 1 aromatic heterocycles. The Hall–Kier alpha value is -1.58. The van der Waals surface area contributed by atoms with E-state index in [2.05, 4.69) is 9.97 Å².